The molecule has 2 aromatic rings. The van der Waals surface area contributed by atoms with Gasteiger partial charge in [0, 0.05) is 7.05 Å². The maximum atomic E-state index is 11.8. The van der Waals surface area contributed by atoms with Gasteiger partial charge in [0.05, 0.1) is 17.1 Å². The van der Waals surface area contributed by atoms with Crippen molar-refractivity contribution in [3.63, 3.8) is 0 Å². The lowest BCUT2D eigenvalue weighted by Gasteiger charge is -2.05. The lowest BCUT2D eigenvalue weighted by Crippen LogP contribution is -2.23. The summed E-state index contributed by atoms with van der Waals surface area (Å²) in [7, 11) is 1.74. The minimum absolute atomic E-state index is 0.0134. The van der Waals surface area contributed by atoms with Gasteiger partial charge < -0.3 is 10.4 Å². The molecule has 0 radical (unpaired) electrons. The highest BCUT2D eigenvalue weighted by Crippen LogP contribution is 2.20. The third-order valence-corrected chi connectivity index (χ3v) is 2.58. The Bertz CT molecular complexity index is 582. The first-order valence-electron chi connectivity index (χ1n) is 5.17. The molecule has 2 N–H and O–H groups in total. The number of phenols is 1. The quantitative estimate of drug-likeness (QED) is 0.872. The molecule has 94 valence electrons. The first kappa shape index (κ1) is 12.4. The molecular weight excluding hydrogens is 256 g/mol. The molecule has 2 rings (SSSR count). The predicted octanol–water partition coefficient (Wildman–Crippen LogP) is 1.10. The Morgan fingerprint density at radius 3 is 3.00 bits per heavy atom. The summed E-state index contributed by atoms with van der Waals surface area (Å²) in [6.07, 6.45) is 1.54. The zero-order valence-electron chi connectivity index (χ0n) is 9.59. The lowest BCUT2D eigenvalue weighted by molar-refractivity contribution is 0.0949. The van der Waals surface area contributed by atoms with Crippen LogP contribution in [0, 0.1) is 0 Å². The predicted molar refractivity (Wildman–Crippen MR) is 65.3 cm³/mol. The molecule has 0 aliphatic heterocycles. The van der Waals surface area contributed by atoms with Gasteiger partial charge in [0.1, 0.15) is 12.1 Å². The van der Waals surface area contributed by atoms with E-state index in [1.165, 1.54) is 18.2 Å². The average molecular weight is 267 g/mol. The molecule has 1 heterocycles. The summed E-state index contributed by atoms with van der Waals surface area (Å²) in [5.74, 6) is 0.103. The second kappa shape index (κ2) is 5.05. The first-order valence-corrected chi connectivity index (χ1v) is 5.55. The van der Waals surface area contributed by atoms with E-state index in [-0.39, 0.29) is 28.8 Å². The van der Waals surface area contributed by atoms with E-state index in [0.29, 0.717) is 5.82 Å². The molecule has 0 bridgehead atoms. The van der Waals surface area contributed by atoms with Gasteiger partial charge in [-0.2, -0.15) is 5.10 Å². The standard InChI is InChI=1S/C11H11ClN4O2/c1-16-6-14-10(15-16)5-13-11(18)8-4-7(17)2-3-9(8)12/h2-4,6,17H,5H2,1H3,(H,13,18). The van der Waals surface area contributed by atoms with Gasteiger partial charge in [0.15, 0.2) is 5.82 Å². The smallest absolute Gasteiger partial charge is 0.253 e. The third-order valence-electron chi connectivity index (χ3n) is 2.25. The number of benzene rings is 1. The number of rotatable bonds is 3. The largest absolute Gasteiger partial charge is 0.508 e. The minimum atomic E-state index is -0.386. The Morgan fingerprint density at radius 2 is 2.33 bits per heavy atom. The zero-order valence-corrected chi connectivity index (χ0v) is 10.3. The SMILES string of the molecule is Cn1cnc(CNC(=O)c2cc(O)ccc2Cl)n1. The maximum absolute atomic E-state index is 11.8. The second-order valence-corrected chi connectivity index (χ2v) is 4.09. The van der Waals surface area contributed by atoms with E-state index in [1.54, 1.807) is 18.1 Å². The summed E-state index contributed by atoms with van der Waals surface area (Å²) in [4.78, 5) is 15.8. The number of hydrogen-bond acceptors (Lipinski definition) is 4. The topological polar surface area (TPSA) is 80.0 Å². The van der Waals surface area contributed by atoms with Crippen LogP contribution in [0.1, 0.15) is 16.2 Å². The van der Waals surface area contributed by atoms with Crippen LogP contribution in [0.5, 0.6) is 5.75 Å². The molecular formula is C11H11ClN4O2. The summed E-state index contributed by atoms with van der Waals surface area (Å²) in [6, 6.07) is 4.19. The van der Waals surface area contributed by atoms with Crippen molar-refractivity contribution in [3.8, 4) is 5.75 Å². The molecule has 0 atom stereocenters. The van der Waals surface area contributed by atoms with Crippen molar-refractivity contribution in [3.05, 3.63) is 40.9 Å². The number of phenolic OH excluding ortho intramolecular Hbond substituents is 1. The summed E-state index contributed by atoms with van der Waals surface area (Å²) in [6.45, 7) is 0.200. The number of aromatic hydroxyl groups is 1. The monoisotopic (exact) mass is 266 g/mol. The number of carbonyl (C=O) groups is 1. The Balaban J connectivity index is 2.05. The van der Waals surface area contributed by atoms with E-state index in [0.717, 1.165) is 0 Å². The maximum Gasteiger partial charge on any atom is 0.253 e. The van der Waals surface area contributed by atoms with Gasteiger partial charge in [-0.25, -0.2) is 4.98 Å². The molecule has 0 unspecified atom stereocenters. The van der Waals surface area contributed by atoms with Crippen molar-refractivity contribution in [2.24, 2.45) is 7.05 Å². The van der Waals surface area contributed by atoms with Crippen molar-refractivity contribution in [1.82, 2.24) is 20.1 Å². The van der Waals surface area contributed by atoms with Crippen LogP contribution in [0.15, 0.2) is 24.5 Å². The molecule has 0 saturated heterocycles. The van der Waals surface area contributed by atoms with Crippen molar-refractivity contribution in [2.75, 3.05) is 0 Å². The number of carbonyl (C=O) groups excluding carboxylic acids is 1. The summed E-state index contributed by atoms with van der Waals surface area (Å²) in [5, 5.41) is 16.2. The number of hydrogen-bond donors (Lipinski definition) is 2. The Labute approximate surface area is 108 Å². The van der Waals surface area contributed by atoms with Crippen molar-refractivity contribution < 1.29 is 9.90 Å². The molecule has 0 spiro atoms. The van der Waals surface area contributed by atoms with Crippen LogP contribution < -0.4 is 5.32 Å². The number of aryl methyl sites for hydroxylation is 1. The molecule has 1 aromatic carbocycles. The van der Waals surface area contributed by atoms with Crippen LogP contribution in [-0.4, -0.2) is 25.8 Å². The molecule has 1 aromatic heterocycles. The van der Waals surface area contributed by atoms with E-state index in [1.807, 2.05) is 0 Å². The van der Waals surface area contributed by atoms with Gasteiger partial charge in [0.25, 0.3) is 5.91 Å². The Morgan fingerprint density at radius 1 is 1.56 bits per heavy atom. The van der Waals surface area contributed by atoms with Crippen LogP contribution in [0.25, 0.3) is 0 Å². The Hall–Kier alpha value is -2.08. The van der Waals surface area contributed by atoms with Crippen LogP contribution >= 0.6 is 11.6 Å². The number of halogens is 1. The first-order chi connectivity index (χ1) is 8.56. The van der Waals surface area contributed by atoms with Crippen LogP contribution in [-0.2, 0) is 13.6 Å². The van der Waals surface area contributed by atoms with E-state index < -0.39 is 0 Å². The highest BCUT2D eigenvalue weighted by Gasteiger charge is 2.11. The molecule has 0 saturated carbocycles. The summed E-state index contributed by atoms with van der Waals surface area (Å²) < 4.78 is 1.54. The Kier molecular flexibility index (Phi) is 3.47. The van der Waals surface area contributed by atoms with Crippen molar-refractivity contribution >= 4 is 17.5 Å². The highest BCUT2D eigenvalue weighted by atomic mass is 35.5. The lowest BCUT2D eigenvalue weighted by atomic mass is 10.2. The van der Waals surface area contributed by atoms with Crippen molar-refractivity contribution in [2.45, 2.75) is 6.54 Å². The number of amides is 1. The second-order valence-electron chi connectivity index (χ2n) is 3.68. The highest BCUT2D eigenvalue weighted by molar-refractivity contribution is 6.33. The molecule has 0 fully saturated rings. The normalized spacial score (nSPS) is 10.3. The molecule has 18 heavy (non-hydrogen) atoms. The fraction of sp³-hybridized carbons (Fsp3) is 0.182. The fourth-order valence-corrected chi connectivity index (χ4v) is 1.61. The van der Waals surface area contributed by atoms with Gasteiger partial charge in [-0.3, -0.25) is 9.48 Å². The van der Waals surface area contributed by atoms with E-state index >= 15 is 0 Å². The van der Waals surface area contributed by atoms with Gasteiger partial charge in [-0.05, 0) is 18.2 Å². The van der Waals surface area contributed by atoms with Gasteiger partial charge >= 0.3 is 0 Å². The van der Waals surface area contributed by atoms with Gasteiger partial charge in [0.2, 0.25) is 0 Å². The molecule has 7 heteroatoms. The number of nitrogens with one attached hydrogen (secondary N) is 1. The van der Waals surface area contributed by atoms with Gasteiger partial charge in [-0.15, -0.1) is 0 Å². The van der Waals surface area contributed by atoms with E-state index in [4.69, 9.17) is 11.6 Å². The number of nitrogens with zero attached hydrogens (tertiary/aromatic N) is 3. The van der Waals surface area contributed by atoms with E-state index in [2.05, 4.69) is 15.4 Å². The molecule has 6 nitrogen and oxygen atoms in total. The third kappa shape index (κ3) is 2.78. The number of aromatic nitrogens is 3. The van der Waals surface area contributed by atoms with E-state index in [9.17, 15) is 9.90 Å². The van der Waals surface area contributed by atoms with Crippen molar-refractivity contribution in [1.29, 1.82) is 0 Å². The molecule has 1 amide bonds. The average Bonchev–Trinajstić information content (AvgIpc) is 2.75. The van der Waals surface area contributed by atoms with Gasteiger partial charge in [-0.1, -0.05) is 11.6 Å². The minimum Gasteiger partial charge on any atom is -0.508 e. The summed E-state index contributed by atoms with van der Waals surface area (Å²) in [5.41, 5.74) is 0.215. The van der Waals surface area contributed by atoms with Crippen LogP contribution in [0.3, 0.4) is 0 Å². The summed E-state index contributed by atoms with van der Waals surface area (Å²) >= 11 is 5.87. The van der Waals surface area contributed by atoms with Crippen LogP contribution in [0.2, 0.25) is 5.02 Å². The molecule has 0 aliphatic rings. The van der Waals surface area contributed by atoms with Crippen LogP contribution in [0.4, 0.5) is 0 Å². The molecule has 0 aliphatic carbocycles. The fourth-order valence-electron chi connectivity index (χ4n) is 1.41. The zero-order chi connectivity index (χ0) is 13.1.